The second-order valence-electron chi connectivity index (χ2n) is 9.71. The average molecular weight is 529 g/mol. The third-order valence-electron chi connectivity index (χ3n) is 6.86. The van der Waals surface area contributed by atoms with Crippen LogP contribution in [0.5, 0.6) is 0 Å². The zero-order chi connectivity index (χ0) is 28.2. The largest absolute Gasteiger partial charge is 0.480 e. The van der Waals surface area contributed by atoms with Crippen LogP contribution in [-0.4, -0.2) is 62.9 Å². The number of nitrogens with zero attached hydrogens (tertiary/aromatic N) is 1. The summed E-state index contributed by atoms with van der Waals surface area (Å²) < 4.78 is 0. The first kappa shape index (κ1) is 30.5. The predicted octanol–water partition coefficient (Wildman–Crippen LogP) is 1.15. The van der Waals surface area contributed by atoms with Crippen molar-refractivity contribution in [1.29, 1.82) is 0 Å². The Labute approximate surface area is 223 Å². The maximum Gasteiger partial charge on any atom is 0.326 e. The summed E-state index contributed by atoms with van der Waals surface area (Å²) in [6, 6.07) is 5.17. The van der Waals surface area contributed by atoms with Gasteiger partial charge in [-0.25, -0.2) is 9.78 Å². The lowest BCUT2D eigenvalue weighted by Crippen LogP contribution is -2.59. The molecule has 0 spiro atoms. The van der Waals surface area contributed by atoms with Crippen LogP contribution < -0.4 is 21.7 Å². The highest BCUT2D eigenvalue weighted by Gasteiger charge is 2.33. The Bertz CT molecular complexity index is 1050. The number of carbonyl (C=O) groups excluding carboxylic acids is 3. The van der Waals surface area contributed by atoms with E-state index in [4.69, 9.17) is 5.73 Å². The molecule has 2 aromatic rings. The summed E-state index contributed by atoms with van der Waals surface area (Å²) in [5.74, 6) is -3.24. The van der Waals surface area contributed by atoms with Crippen molar-refractivity contribution in [3.63, 3.8) is 0 Å². The fourth-order valence-corrected chi connectivity index (χ4v) is 3.87. The lowest BCUT2D eigenvalue weighted by molar-refractivity contribution is -0.142. The molecule has 0 aliphatic carbocycles. The highest BCUT2D eigenvalue weighted by molar-refractivity contribution is 5.94. The summed E-state index contributed by atoms with van der Waals surface area (Å²) in [5, 5.41) is 17.7. The van der Waals surface area contributed by atoms with E-state index < -0.39 is 47.9 Å². The zero-order valence-electron chi connectivity index (χ0n) is 22.4. The molecule has 0 saturated carbocycles. The van der Waals surface area contributed by atoms with Crippen LogP contribution in [0.1, 0.15) is 51.8 Å². The summed E-state index contributed by atoms with van der Waals surface area (Å²) in [4.78, 5) is 58.1. The van der Waals surface area contributed by atoms with Gasteiger partial charge in [0.25, 0.3) is 0 Å². The number of carboxylic acids is 1. The number of carboxylic acid groups (broad SMARTS) is 1. The Morgan fingerprint density at radius 2 is 1.53 bits per heavy atom. The predicted molar refractivity (Wildman–Crippen MR) is 143 cm³/mol. The van der Waals surface area contributed by atoms with E-state index in [2.05, 4.69) is 25.9 Å². The van der Waals surface area contributed by atoms with Crippen LogP contribution in [0, 0.1) is 11.8 Å². The Hall–Kier alpha value is -3.73. The fraction of sp³-hybridized carbons (Fsp3) is 0.519. The molecule has 1 heterocycles. The number of hydrogen-bond acceptors (Lipinski definition) is 6. The normalized spacial score (nSPS) is 15.8. The van der Waals surface area contributed by atoms with Gasteiger partial charge in [-0.2, -0.15) is 0 Å². The van der Waals surface area contributed by atoms with Crippen molar-refractivity contribution in [3.8, 4) is 0 Å². The maximum absolute atomic E-state index is 13.5. The Kier molecular flexibility index (Phi) is 11.9. The third kappa shape index (κ3) is 8.98. The number of aliphatic carboxylic acids is 1. The average Bonchev–Trinajstić information content (AvgIpc) is 3.43. The van der Waals surface area contributed by atoms with Gasteiger partial charge in [0.2, 0.25) is 17.7 Å². The first-order valence-corrected chi connectivity index (χ1v) is 13.0. The first-order chi connectivity index (χ1) is 18.1. The summed E-state index contributed by atoms with van der Waals surface area (Å²) in [6.45, 7) is 7.45. The molecule has 1 aromatic heterocycles. The van der Waals surface area contributed by atoms with Crippen molar-refractivity contribution in [2.45, 2.75) is 77.5 Å². The quantitative estimate of drug-likeness (QED) is 0.201. The minimum Gasteiger partial charge on any atom is -0.480 e. The number of H-pyrrole nitrogens is 1. The molecule has 0 radical (unpaired) electrons. The van der Waals surface area contributed by atoms with Gasteiger partial charge in [0.05, 0.1) is 12.4 Å². The summed E-state index contributed by atoms with van der Waals surface area (Å²) in [7, 11) is 0. The van der Waals surface area contributed by atoms with Crippen LogP contribution >= 0.6 is 0 Å². The molecule has 208 valence electrons. The minimum absolute atomic E-state index is 0.00242. The minimum atomic E-state index is -1.22. The molecule has 3 amide bonds. The Morgan fingerprint density at radius 1 is 0.895 bits per heavy atom. The molecule has 0 aliphatic rings. The number of rotatable bonds is 15. The van der Waals surface area contributed by atoms with Crippen LogP contribution in [0.2, 0.25) is 0 Å². The number of nitrogens with one attached hydrogen (secondary N) is 4. The molecular formula is C27H40N6O5. The number of carbonyl (C=O) groups is 4. The van der Waals surface area contributed by atoms with E-state index in [0.717, 1.165) is 5.56 Å². The molecular weight excluding hydrogens is 488 g/mol. The third-order valence-corrected chi connectivity index (χ3v) is 6.86. The van der Waals surface area contributed by atoms with Gasteiger partial charge in [-0.15, -0.1) is 0 Å². The number of aromatic amines is 1. The maximum atomic E-state index is 13.5. The van der Waals surface area contributed by atoms with E-state index >= 15 is 0 Å². The van der Waals surface area contributed by atoms with E-state index in [1.54, 1.807) is 6.92 Å². The van der Waals surface area contributed by atoms with E-state index in [1.165, 1.54) is 12.5 Å². The van der Waals surface area contributed by atoms with E-state index in [0.29, 0.717) is 18.5 Å². The van der Waals surface area contributed by atoms with Crippen molar-refractivity contribution in [3.05, 3.63) is 54.1 Å². The van der Waals surface area contributed by atoms with Crippen LogP contribution in [-0.2, 0) is 32.0 Å². The van der Waals surface area contributed by atoms with Crippen LogP contribution in [0.3, 0.4) is 0 Å². The molecule has 1 aromatic carbocycles. The molecule has 0 bridgehead atoms. The monoisotopic (exact) mass is 528 g/mol. The number of nitrogens with two attached hydrogens (primary N) is 1. The molecule has 7 N–H and O–H groups in total. The molecule has 0 saturated heterocycles. The molecule has 0 aliphatic heterocycles. The summed E-state index contributed by atoms with van der Waals surface area (Å²) in [5.41, 5.74) is 7.47. The van der Waals surface area contributed by atoms with Gasteiger partial charge in [-0.05, 0) is 17.4 Å². The summed E-state index contributed by atoms with van der Waals surface area (Å²) in [6.07, 6.45) is 4.35. The molecule has 0 fully saturated rings. The number of amides is 3. The molecule has 38 heavy (non-hydrogen) atoms. The topological polar surface area (TPSA) is 179 Å². The lowest BCUT2D eigenvalue weighted by atomic mass is 9.96. The van der Waals surface area contributed by atoms with Gasteiger partial charge in [0, 0.05) is 24.7 Å². The van der Waals surface area contributed by atoms with Crippen molar-refractivity contribution < 1.29 is 24.3 Å². The van der Waals surface area contributed by atoms with Crippen molar-refractivity contribution in [2.75, 3.05) is 0 Å². The highest BCUT2D eigenvalue weighted by atomic mass is 16.4. The summed E-state index contributed by atoms with van der Waals surface area (Å²) >= 11 is 0. The molecule has 11 nitrogen and oxygen atoms in total. The Balaban J connectivity index is 2.23. The van der Waals surface area contributed by atoms with Crippen molar-refractivity contribution in [1.82, 2.24) is 25.9 Å². The lowest BCUT2D eigenvalue weighted by Gasteiger charge is -2.28. The van der Waals surface area contributed by atoms with Gasteiger partial charge < -0.3 is 31.8 Å². The van der Waals surface area contributed by atoms with Gasteiger partial charge >= 0.3 is 5.97 Å². The van der Waals surface area contributed by atoms with Gasteiger partial charge in [-0.3, -0.25) is 14.4 Å². The number of aromatic nitrogens is 2. The standard InChI is InChI=1S/C27H40N6O5/c1-5-16(3)22(28)25(35)31-20(12-18-10-8-7-9-11-18)24(34)33-23(17(4)6-2)26(36)32-21(27(37)38)13-19-14-29-15-30-19/h7-11,14-17,20-23H,5-6,12-13,28H2,1-4H3,(H,29,30)(H,31,35)(H,32,36)(H,33,34)(H,37,38). The molecule has 6 atom stereocenters. The fourth-order valence-electron chi connectivity index (χ4n) is 3.87. The molecule has 2 rings (SSSR count). The highest BCUT2D eigenvalue weighted by Crippen LogP contribution is 2.12. The smallest absolute Gasteiger partial charge is 0.326 e. The molecule has 6 unspecified atom stereocenters. The van der Waals surface area contributed by atoms with Gasteiger partial charge in [-0.1, -0.05) is 70.9 Å². The second kappa shape index (κ2) is 14.9. The van der Waals surface area contributed by atoms with Crippen LogP contribution in [0.25, 0.3) is 0 Å². The van der Waals surface area contributed by atoms with Crippen LogP contribution in [0.15, 0.2) is 42.9 Å². The van der Waals surface area contributed by atoms with E-state index in [1.807, 2.05) is 51.1 Å². The number of hydrogen-bond donors (Lipinski definition) is 6. The van der Waals surface area contributed by atoms with Gasteiger partial charge in [0.15, 0.2) is 0 Å². The van der Waals surface area contributed by atoms with Gasteiger partial charge in [0.1, 0.15) is 18.1 Å². The SMILES string of the molecule is CCC(C)C(N)C(=O)NC(Cc1ccccc1)C(=O)NC(C(=O)NC(Cc1cnc[nH]1)C(=O)O)C(C)CC. The number of imidazole rings is 1. The second-order valence-corrected chi connectivity index (χ2v) is 9.71. The van der Waals surface area contributed by atoms with Crippen LogP contribution in [0.4, 0.5) is 0 Å². The first-order valence-electron chi connectivity index (χ1n) is 13.0. The van der Waals surface area contributed by atoms with Crippen molar-refractivity contribution >= 4 is 23.7 Å². The zero-order valence-corrected chi connectivity index (χ0v) is 22.4. The molecule has 11 heteroatoms. The van der Waals surface area contributed by atoms with E-state index in [9.17, 15) is 24.3 Å². The van der Waals surface area contributed by atoms with Crippen molar-refractivity contribution in [2.24, 2.45) is 17.6 Å². The Morgan fingerprint density at radius 3 is 2.08 bits per heavy atom. The number of benzene rings is 1. The van der Waals surface area contributed by atoms with E-state index in [-0.39, 0.29) is 24.7 Å².